The number of rotatable bonds is 6. The number of nitrogens with two attached hydrogens (primary N) is 1. The van der Waals surface area contributed by atoms with Gasteiger partial charge < -0.3 is 15.9 Å². The minimum absolute atomic E-state index is 0.0526. The Kier molecular flexibility index (Phi) is 8.93. The van der Waals surface area contributed by atoms with Gasteiger partial charge in [0, 0.05) is 22.4 Å². The third-order valence-electron chi connectivity index (χ3n) is 5.72. The van der Waals surface area contributed by atoms with Crippen LogP contribution < -0.4 is 5.73 Å². The molecule has 0 spiro atoms. The third-order valence-corrected chi connectivity index (χ3v) is 6.19. The van der Waals surface area contributed by atoms with E-state index in [1.807, 2.05) is 20.8 Å². The number of aromatic hydroxyl groups is 2. The van der Waals surface area contributed by atoms with Crippen LogP contribution in [0.5, 0.6) is 11.5 Å². The molecule has 0 amide bonds. The van der Waals surface area contributed by atoms with Gasteiger partial charge in [0.05, 0.1) is 0 Å². The number of aryl methyl sites for hydroxylation is 3. The highest BCUT2D eigenvalue weighted by atomic mass is 32.1. The van der Waals surface area contributed by atoms with Crippen LogP contribution in [0.25, 0.3) is 0 Å². The van der Waals surface area contributed by atoms with E-state index >= 15 is 0 Å². The molecule has 4 N–H and O–H groups in total. The van der Waals surface area contributed by atoms with Crippen molar-refractivity contribution < 1.29 is 19.4 Å². The maximum absolute atomic E-state index is 14.8. The van der Waals surface area contributed by atoms with Crippen molar-refractivity contribution in [1.29, 1.82) is 0 Å². The molecule has 0 heterocycles. The molecule has 2 rings (SSSR count). The number of thiol groups is 1. The molecular formula is C24H34FNO3S. The van der Waals surface area contributed by atoms with Crippen LogP contribution in [0.15, 0.2) is 17.0 Å². The second kappa shape index (κ2) is 10.3. The molecule has 166 valence electrons. The van der Waals surface area contributed by atoms with Crippen LogP contribution in [-0.4, -0.2) is 22.5 Å². The standard InChI is InChI=1S/C22H28FNO3S.C2H6/c1-11-6-12(2)21(27)17(19(11)23)9-22(10-24,15(5)25)8-16-14(4)18(28)7-13(3)20(16)26;1-2/h6-7,26-28H,8-10,24H2,1-5H3;1-2H3. The molecule has 6 heteroatoms. The number of phenolic OH excluding ortho intramolecular Hbond substituents is 2. The number of phenols is 2. The van der Waals surface area contributed by atoms with E-state index in [1.54, 1.807) is 32.9 Å². The van der Waals surface area contributed by atoms with E-state index in [1.165, 1.54) is 6.92 Å². The number of carbonyl (C=O) groups excluding carboxylic acids is 1. The highest BCUT2D eigenvalue weighted by Crippen LogP contribution is 2.40. The van der Waals surface area contributed by atoms with Crippen LogP contribution in [0.1, 0.15) is 54.2 Å². The molecule has 0 aliphatic heterocycles. The number of ketones is 1. The number of hydrogen-bond donors (Lipinski definition) is 4. The molecule has 0 aliphatic carbocycles. The summed E-state index contributed by atoms with van der Waals surface area (Å²) in [6.45, 7) is 12.2. The van der Waals surface area contributed by atoms with Crippen LogP contribution >= 0.6 is 12.6 Å². The Morgan fingerprint density at radius 2 is 1.47 bits per heavy atom. The lowest BCUT2D eigenvalue weighted by molar-refractivity contribution is -0.126. The molecule has 2 aromatic carbocycles. The maximum atomic E-state index is 14.8. The Hall–Kier alpha value is -2.05. The lowest BCUT2D eigenvalue weighted by atomic mass is 9.72. The van der Waals surface area contributed by atoms with Gasteiger partial charge in [-0.05, 0) is 87.4 Å². The van der Waals surface area contributed by atoms with Gasteiger partial charge in [-0.2, -0.15) is 0 Å². The summed E-state index contributed by atoms with van der Waals surface area (Å²) in [5, 5.41) is 21.1. The maximum Gasteiger partial charge on any atom is 0.137 e. The van der Waals surface area contributed by atoms with Gasteiger partial charge in [-0.15, -0.1) is 12.6 Å². The topological polar surface area (TPSA) is 83.6 Å². The Bertz CT molecular complexity index is 823. The van der Waals surface area contributed by atoms with Gasteiger partial charge in [0.1, 0.15) is 23.1 Å². The van der Waals surface area contributed by atoms with Crippen molar-refractivity contribution in [3.8, 4) is 11.5 Å². The first-order valence-corrected chi connectivity index (χ1v) is 10.6. The van der Waals surface area contributed by atoms with Gasteiger partial charge in [-0.3, -0.25) is 4.79 Å². The van der Waals surface area contributed by atoms with Crippen molar-refractivity contribution in [3.63, 3.8) is 0 Å². The molecule has 30 heavy (non-hydrogen) atoms. The summed E-state index contributed by atoms with van der Waals surface area (Å²) in [6, 6.07) is 3.32. The minimum atomic E-state index is -1.17. The monoisotopic (exact) mass is 435 g/mol. The summed E-state index contributed by atoms with van der Waals surface area (Å²) in [5.74, 6) is -0.849. The van der Waals surface area contributed by atoms with Crippen molar-refractivity contribution in [2.24, 2.45) is 11.1 Å². The number of halogens is 1. The first-order valence-electron chi connectivity index (χ1n) is 10.1. The molecule has 0 saturated carbocycles. The summed E-state index contributed by atoms with van der Waals surface area (Å²) in [6.07, 6.45) is 0.0609. The zero-order valence-corrected chi connectivity index (χ0v) is 19.9. The highest BCUT2D eigenvalue weighted by molar-refractivity contribution is 7.80. The molecule has 4 nitrogen and oxygen atoms in total. The fourth-order valence-electron chi connectivity index (χ4n) is 3.64. The van der Waals surface area contributed by atoms with Gasteiger partial charge in [0.2, 0.25) is 0 Å². The van der Waals surface area contributed by atoms with Crippen molar-refractivity contribution in [1.82, 2.24) is 0 Å². The minimum Gasteiger partial charge on any atom is -0.507 e. The molecule has 0 radical (unpaired) electrons. The van der Waals surface area contributed by atoms with Crippen molar-refractivity contribution in [3.05, 3.63) is 51.3 Å². The van der Waals surface area contributed by atoms with Crippen LogP contribution in [0, 0.1) is 38.9 Å². The largest absolute Gasteiger partial charge is 0.507 e. The third kappa shape index (κ3) is 4.98. The molecule has 0 fully saturated rings. The first kappa shape index (κ1) is 26.0. The predicted molar refractivity (Wildman–Crippen MR) is 123 cm³/mol. The SMILES string of the molecule is CC.CC(=O)C(CN)(Cc1c(C)c(S)cc(C)c1O)Cc1c(O)c(C)cc(C)c1F. The molecule has 1 atom stereocenters. The Morgan fingerprint density at radius 1 is 1.00 bits per heavy atom. The number of hydrogen-bond acceptors (Lipinski definition) is 5. The summed E-state index contributed by atoms with van der Waals surface area (Å²) in [4.78, 5) is 13.4. The average Bonchev–Trinajstić information content (AvgIpc) is 2.71. The van der Waals surface area contributed by atoms with E-state index in [0.717, 1.165) is 5.56 Å². The van der Waals surface area contributed by atoms with Crippen LogP contribution in [-0.2, 0) is 17.6 Å². The Labute approximate surface area is 184 Å². The molecule has 0 aromatic heterocycles. The van der Waals surface area contributed by atoms with Crippen LogP contribution in [0.4, 0.5) is 4.39 Å². The lowest BCUT2D eigenvalue weighted by Gasteiger charge is -2.32. The van der Waals surface area contributed by atoms with Gasteiger partial charge in [0.25, 0.3) is 0 Å². The zero-order valence-electron chi connectivity index (χ0n) is 19.0. The van der Waals surface area contributed by atoms with Gasteiger partial charge >= 0.3 is 0 Å². The molecule has 1 unspecified atom stereocenters. The van der Waals surface area contributed by atoms with E-state index in [0.29, 0.717) is 27.1 Å². The van der Waals surface area contributed by atoms with E-state index in [9.17, 15) is 19.4 Å². The van der Waals surface area contributed by atoms with Crippen molar-refractivity contribution >= 4 is 18.4 Å². The van der Waals surface area contributed by atoms with Gasteiger partial charge in [0.15, 0.2) is 0 Å². The molecule has 0 aliphatic rings. The van der Waals surface area contributed by atoms with Crippen LogP contribution in [0.2, 0.25) is 0 Å². The predicted octanol–water partition coefficient (Wildman–Crippen LogP) is 5.10. The van der Waals surface area contributed by atoms with Crippen LogP contribution in [0.3, 0.4) is 0 Å². The molecular weight excluding hydrogens is 401 g/mol. The fraction of sp³-hybridized carbons (Fsp3) is 0.458. The molecule has 2 aromatic rings. The van der Waals surface area contributed by atoms with E-state index < -0.39 is 11.2 Å². The van der Waals surface area contributed by atoms with Crippen molar-refractivity contribution in [2.45, 2.75) is 66.2 Å². The van der Waals surface area contributed by atoms with E-state index in [4.69, 9.17) is 5.73 Å². The first-order chi connectivity index (χ1) is 13.9. The number of benzene rings is 2. The Morgan fingerprint density at radius 3 is 1.97 bits per heavy atom. The second-order valence-electron chi connectivity index (χ2n) is 7.71. The Balaban J connectivity index is 0.00000218. The summed E-state index contributed by atoms with van der Waals surface area (Å²) in [7, 11) is 0. The van der Waals surface area contributed by atoms with Gasteiger partial charge in [-0.1, -0.05) is 13.8 Å². The van der Waals surface area contributed by atoms with Gasteiger partial charge in [-0.25, -0.2) is 4.39 Å². The second-order valence-corrected chi connectivity index (χ2v) is 8.19. The highest BCUT2D eigenvalue weighted by Gasteiger charge is 2.38. The molecule has 0 bridgehead atoms. The lowest BCUT2D eigenvalue weighted by Crippen LogP contribution is -2.42. The zero-order chi connectivity index (χ0) is 23.4. The normalized spacial score (nSPS) is 12.7. The quantitative estimate of drug-likeness (QED) is 0.476. The van der Waals surface area contributed by atoms with E-state index in [2.05, 4.69) is 12.6 Å². The summed E-state index contributed by atoms with van der Waals surface area (Å²) in [5.41, 5.74) is 7.82. The number of Topliss-reactive ketones (excluding diaryl/α,β-unsaturated/α-hetero) is 1. The fourth-order valence-corrected chi connectivity index (χ4v) is 3.97. The summed E-state index contributed by atoms with van der Waals surface area (Å²) < 4.78 is 14.8. The number of carbonyl (C=O) groups is 1. The molecule has 0 saturated heterocycles. The van der Waals surface area contributed by atoms with E-state index in [-0.39, 0.29) is 42.2 Å². The van der Waals surface area contributed by atoms with Crippen molar-refractivity contribution in [2.75, 3.05) is 6.54 Å². The average molecular weight is 436 g/mol. The smallest absolute Gasteiger partial charge is 0.137 e. The summed E-state index contributed by atoms with van der Waals surface area (Å²) >= 11 is 4.45.